The highest BCUT2D eigenvalue weighted by Crippen LogP contribution is 2.20. The summed E-state index contributed by atoms with van der Waals surface area (Å²) >= 11 is 3.32. The molecule has 1 N–H and O–H groups in total. The maximum Gasteiger partial charge on any atom is 0.211 e. The molecule has 0 saturated carbocycles. The summed E-state index contributed by atoms with van der Waals surface area (Å²) in [6.07, 6.45) is 4.04. The highest BCUT2D eigenvalue weighted by atomic mass is 79.9. The van der Waals surface area contributed by atoms with Gasteiger partial charge in [0.05, 0.1) is 5.75 Å². The number of rotatable bonds is 5. The largest absolute Gasteiger partial charge is 0.263 e. The quantitative estimate of drug-likeness (QED) is 0.907. The minimum atomic E-state index is -3.18. The first-order valence-corrected chi connectivity index (χ1v) is 7.53. The van der Waals surface area contributed by atoms with Gasteiger partial charge in [-0.3, -0.25) is 4.98 Å². The molecule has 1 heterocycles. The van der Waals surface area contributed by atoms with Crippen LogP contribution >= 0.6 is 15.9 Å². The first-order chi connectivity index (χ1) is 7.48. The van der Waals surface area contributed by atoms with Gasteiger partial charge < -0.3 is 0 Å². The normalized spacial score (nSPS) is 13.7. The van der Waals surface area contributed by atoms with Gasteiger partial charge in [-0.25, -0.2) is 13.1 Å². The van der Waals surface area contributed by atoms with E-state index in [2.05, 4.69) is 25.6 Å². The Kier molecular flexibility index (Phi) is 4.89. The van der Waals surface area contributed by atoms with E-state index in [9.17, 15) is 8.42 Å². The second-order valence-electron chi connectivity index (χ2n) is 3.42. The van der Waals surface area contributed by atoms with Crippen molar-refractivity contribution in [3.05, 3.63) is 28.5 Å². The lowest BCUT2D eigenvalue weighted by Crippen LogP contribution is -2.29. The van der Waals surface area contributed by atoms with Crippen molar-refractivity contribution in [2.45, 2.75) is 26.3 Å². The molecule has 0 unspecified atom stereocenters. The van der Waals surface area contributed by atoms with Crippen molar-refractivity contribution in [2.24, 2.45) is 0 Å². The van der Waals surface area contributed by atoms with E-state index >= 15 is 0 Å². The van der Waals surface area contributed by atoms with E-state index in [1.54, 1.807) is 19.3 Å². The summed E-state index contributed by atoms with van der Waals surface area (Å²) in [4.78, 5) is 4.03. The van der Waals surface area contributed by atoms with Crippen molar-refractivity contribution < 1.29 is 8.42 Å². The number of pyridine rings is 1. The van der Waals surface area contributed by atoms with E-state index in [1.807, 2.05) is 13.0 Å². The molecule has 1 aromatic heterocycles. The van der Waals surface area contributed by atoms with Crippen molar-refractivity contribution in [1.82, 2.24) is 9.71 Å². The maximum atomic E-state index is 11.5. The summed E-state index contributed by atoms with van der Waals surface area (Å²) in [5.74, 6) is 0.0882. The van der Waals surface area contributed by atoms with Gasteiger partial charge in [0.1, 0.15) is 0 Å². The van der Waals surface area contributed by atoms with Crippen LogP contribution in [0.15, 0.2) is 22.9 Å². The average molecular weight is 307 g/mol. The molecule has 90 valence electrons. The fourth-order valence-electron chi connectivity index (χ4n) is 1.31. The predicted octanol–water partition coefficient (Wildman–Crippen LogP) is 2.23. The lowest BCUT2D eigenvalue weighted by atomic mass is 10.1. The van der Waals surface area contributed by atoms with Crippen LogP contribution in [0.4, 0.5) is 0 Å². The van der Waals surface area contributed by atoms with Crippen molar-refractivity contribution in [3.8, 4) is 0 Å². The highest BCUT2D eigenvalue weighted by molar-refractivity contribution is 9.10. The van der Waals surface area contributed by atoms with Gasteiger partial charge in [0.15, 0.2) is 0 Å². The Bertz CT molecular complexity index is 448. The smallest absolute Gasteiger partial charge is 0.211 e. The van der Waals surface area contributed by atoms with Crippen molar-refractivity contribution in [1.29, 1.82) is 0 Å². The van der Waals surface area contributed by atoms with E-state index in [-0.39, 0.29) is 11.8 Å². The molecule has 16 heavy (non-hydrogen) atoms. The molecular formula is C10H15BrN2O2S. The first kappa shape index (κ1) is 13.6. The summed E-state index contributed by atoms with van der Waals surface area (Å²) in [6, 6.07) is 1.66. The molecule has 1 atom stereocenters. The van der Waals surface area contributed by atoms with Gasteiger partial charge in [-0.2, -0.15) is 0 Å². The van der Waals surface area contributed by atoms with Crippen LogP contribution in [0.5, 0.6) is 0 Å². The van der Waals surface area contributed by atoms with Gasteiger partial charge in [-0.05, 0) is 40.9 Å². The Hall–Kier alpha value is -0.460. The molecule has 0 aliphatic rings. The fraction of sp³-hybridized carbons (Fsp3) is 0.500. The molecule has 0 fully saturated rings. The molecular weight excluding hydrogens is 292 g/mol. The van der Waals surface area contributed by atoms with Gasteiger partial charge in [0.2, 0.25) is 10.0 Å². The number of hydrogen-bond donors (Lipinski definition) is 1. The highest BCUT2D eigenvalue weighted by Gasteiger charge is 2.16. The number of halogens is 1. The molecule has 0 aliphatic heterocycles. The monoisotopic (exact) mass is 306 g/mol. The topological polar surface area (TPSA) is 59.1 Å². The standard InChI is InChI=1S/C10H15BrN2O2S/c1-3-10(13-16(14,15)4-2)8-5-9(11)7-12-6-8/h5-7,10,13H,3-4H2,1-2H3/t10-/m1/s1. The molecule has 1 rings (SSSR count). The molecule has 0 radical (unpaired) electrons. The van der Waals surface area contributed by atoms with Gasteiger partial charge in [-0.15, -0.1) is 0 Å². The van der Waals surface area contributed by atoms with E-state index in [4.69, 9.17) is 0 Å². The number of nitrogens with zero attached hydrogens (tertiary/aromatic N) is 1. The molecule has 4 nitrogen and oxygen atoms in total. The van der Waals surface area contributed by atoms with Crippen LogP contribution < -0.4 is 4.72 Å². The molecule has 0 saturated heterocycles. The lowest BCUT2D eigenvalue weighted by Gasteiger charge is -2.16. The van der Waals surface area contributed by atoms with E-state index in [1.165, 1.54) is 0 Å². The lowest BCUT2D eigenvalue weighted by molar-refractivity contribution is 0.550. The van der Waals surface area contributed by atoms with E-state index < -0.39 is 10.0 Å². The minimum Gasteiger partial charge on any atom is -0.263 e. The van der Waals surface area contributed by atoms with Gasteiger partial charge in [-0.1, -0.05) is 6.92 Å². The zero-order valence-electron chi connectivity index (χ0n) is 9.27. The van der Waals surface area contributed by atoms with Gasteiger partial charge in [0, 0.05) is 22.9 Å². The van der Waals surface area contributed by atoms with Crippen LogP contribution in [-0.2, 0) is 10.0 Å². The summed E-state index contributed by atoms with van der Waals surface area (Å²) in [5.41, 5.74) is 0.869. The fourth-order valence-corrected chi connectivity index (χ4v) is 2.59. The number of hydrogen-bond acceptors (Lipinski definition) is 3. The van der Waals surface area contributed by atoms with Crippen LogP contribution in [0.25, 0.3) is 0 Å². The van der Waals surface area contributed by atoms with Crippen LogP contribution in [0.2, 0.25) is 0 Å². The number of sulfonamides is 1. The SMILES string of the molecule is CC[C@@H](NS(=O)(=O)CC)c1cncc(Br)c1. The third kappa shape index (κ3) is 3.84. The summed E-state index contributed by atoms with van der Waals surface area (Å²) in [5, 5.41) is 0. The van der Waals surface area contributed by atoms with Crippen LogP contribution in [0.1, 0.15) is 31.9 Å². The third-order valence-corrected chi connectivity index (χ3v) is 4.08. The Labute approximate surface area is 105 Å². The Morgan fingerprint density at radius 2 is 2.12 bits per heavy atom. The molecule has 1 aromatic rings. The maximum absolute atomic E-state index is 11.5. The summed E-state index contributed by atoms with van der Waals surface area (Å²) < 4.78 is 26.5. The van der Waals surface area contributed by atoms with Gasteiger partial charge >= 0.3 is 0 Å². The summed E-state index contributed by atoms with van der Waals surface area (Å²) in [6.45, 7) is 3.55. The zero-order valence-corrected chi connectivity index (χ0v) is 11.7. The second-order valence-corrected chi connectivity index (χ2v) is 6.38. The predicted molar refractivity (Wildman–Crippen MR) is 67.6 cm³/mol. The van der Waals surface area contributed by atoms with E-state index in [0.29, 0.717) is 6.42 Å². The number of aromatic nitrogens is 1. The minimum absolute atomic E-state index is 0.0882. The molecule has 0 aromatic carbocycles. The van der Waals surface area contributed by atoms with E-state index in [0.717, 1.165) is 10.0 Å². The molecule has 0 spiro atoms. The van der Waals surface area contributed by atoms with Crippen molar-refractivity contribution in [2.75, 3.05) is 5.75 Å². The molecule has 0 amide bonds. The Balaban J connectivity index is 2.91. The summed E-state index contributed by atoms with van der Waals surface area (Å²) in [7, 11) is -3.18. The van der Waals surface area contributed by atoms with Crippen LogP contribution in [0, 0.1) is 0 Å². The second kappa shape index (κ2) is 5.75. The zero-order chi connectivity index (χ0) is 12.2. The first-order valence-electron chi connectivity index (χ1n) is 5.09. The van der Waals surface area contributed by atoms with Crippen molar-refractivity contribution >= 4 is 26.0 Å². The van der Waals surface area contributed by atoms with Gasteiger partial charge in [0.25, 0.3) is 0 Å². The van der Waals surface area contributed by atoms with Crippen LogP contribution in [-0.4, -0.2) is 19.2 Å². The molecule has 6 heteroatoms. The van der Waals surface area contributed by atoms with Crippen molar-refractivity contribution in [3.63, 3.8) is 0 Å². The average Bonchev–Trinajstić information content (AvgIpc) is 2.26. The molecule has 0 aliphatic carbocycles. The third-order valence-electron chi connectivity index (χ3n) is 2.24. The Morgan fingerprint density at radius 3 is 2.62 bits per heavy atom. The van der Waals surface area contributed by atoms with Crippen LogP contribution in [0.3, 0.4) is 0 Å². The molecule has 0 bridgehead atoms. The number of nitrogens with one attached hydrogen (secondary N) is 1. The Morgan fingerprint density at radius 1 is 1.44 bits per heavy atom.